The third-order valence-electron chi connectivity index (χ3n) is 7.96. The summed E-state index contributed by atoms with van der Waals surface area (Å²) in [6, 6.07) is 15.7. The Kier molecular flexibility index (Phi) is 6.86. The lowest BCUT2D eigenvalue weighted by atomic mass is 9.80. The summed E-state index contributed by atoms with van der Waals surface area (Å²) < 4.78 is 4.00. The second-order valence-electron chi connectivity index (χ2n) is 10.3. The number of halogens is 1. The van der Waals surface area contributed by atoms with Crippen LogP contribution in [-0.4, -0.2) is 61.8 Å². The number of amides is 1. The van der Waals surface area contributed by atoms with Crippen molar-refractivity contribution in [2.75, 3.05) is 26.2 Å². The van der Waals surface area contributed by atoms with Crippen LogP contribution in [0.3, 0.4) is 0 Å². The minimum atomic E-state index is -1.08. The molecule has 2 atom stereocenters. The number of piperidine rings is 2. The Balaban J connectivity index is 1.15. The molecule has 8 nitrogen and oxygen atoms in total. The van der Waals surface area contributed by atoms with Gasteiger partial charge in [0, 0.05) is 37.7 Å². The van der Waals surface area contributed by atoms with Crippen LogP contribution in [-0.2, 0) is 11.3 Å². The number of nitrogens with one attached hydrogen (secondary N) is 1. The Labute approximate surface area is 229 Å². The SMILES string of the molecule is O=C([C@@H]1CCNC[C@H]1c1ccccc1)N1CCC(O)(Cn2cnc3c(ccn3-c3ccc(Cl)s3)c2=O)CC1. The second kappa shape index (κ2) is 10.3. The average molecular weight is 552 g/mol. The van der Waals surface area contributed by atoms with Crippen LogP contribution in [0.15, 0.2) is 65.8 Å². The van der Waals surface area contributed by atoms with E-state index in [1.165, 1.54) is 27.8 Å². The molecule has 0 unspecified atom stereocenters. The van der Waals surface area contributed by atoms with Gasteiger partial charge < -0.3 is 15.3 Å². The smallest absolute Gasteiger partial charge is 0.262 e. The maximum absolute atomic E-state index is 13.6. The van der Waals surface area contributed by atoms with Crippen molar-refractivity contribution < 1.29 is 9.90 Å². The predicted molar refractivity (Wildman–Crippen MR) is 149 cm³/mol. The van der Waals surface area contributed by atoms with Crippen molar-refractivity contribution >= 4 is 39.9 Å². The molecule has 0 saturated carbocycles. The standard InChI is InChI=1S/C28H30ClN5O3S/c29-23-6-7-24(38-23)34-13-9-21-25(34)31-18-33(27(21)36)17-28(37)10-14-32(15-11-28)26(35)20-8-12-30-16-22(20)19-4-2-1-3-5-19/h1-7,9,13,18,20,22,30,37H,8,10-12,14-17H2/t20-,22+/m1/s1. The average Bonchev–Trinajstić information content (AvgIpc) is 3.57. The van der Waals surface area contributed by atoms with Crippen LogP contribution in [0.2, 0.25) is 4.34 Å². The molecule has 5 heterocycles. The number of rotatable bonds is 5. The van der Waals surface area contributed by atoms with E-state index in [-0.39, 0.29) is 29.8 Å². The minimum Gasteiger partial charge on any atom is -0.388 e. The molecule has 2 aliphatic rings. The molecule has 1 amide bonds. The van der Waals surface area contributed by atoms with Crippen LogP contribution >= 0.6 is 22.9 Å². The number of thiophene rings is 1. The van der Waals surface area contributed by atoms with E-state index in [4.69, 9.17) is 11.6 Å². The summed E-state index contributed by atoms with van der Waals surface area (Å²) in [5.74, 6) is 0.242. The molecular formula is C28H30ClN5O3S. The number of likely N-dealkylation sites (tertiary alicyclic amines) is 1. The highest BCUT2D eigenvalue weighted by Crippen LogP contribution is 2.33. The molecule has 1 aromatic carbocycles. The summed E-state index contributed by atoms with van der Waals surface area (Å²) >= 11 is 7.50. The molecule has 0 spiro atoms. The Bertz CT molecular complexity index is 1510. The summed E-state index contributed by atoms with van der Waals surface area (Å²) in [6.07, 6.45) is 4.95. The fraction of sp³-hybridized carbons (Fsp3) is 0.393. The molecule has 0 aliphatic carbocycles. The molecule has 2 N–H and O–H groups in total. The summed E-state index contributed by atoms with van der Waals surface area (Å²) in [5.41, 5.74) is 0.480. The number of carbonyl (C=O) groups is 1. The van der Waals surface area contributed by atoms with Crippen molar-refractivity contribution in [3.63, 3.8) is 0 Å². The van der Waals surface area contributed by atoms with Gasteiger partial charge in [0.15, 0.2) is 5.65 Å². The Morgan fingerprint density at radius 1 is 1.16 bits per heavy atom. The molecule has 0 radical (unpaired) electrons. The maximum atomic E-state index is 13.6. The van der Waals surface area contributed by atoms with Crippen LogP contribution in [0, 0.1) is 5.92 Å². The molecule has 4 aromatic rings. The van der Waals surface area contributed by atoms with E-state index in [2.05, 4.69) is 22.4 Å². The third-order valence-corrected chi connectivity index (χ3v) is 9.19. The lowest BCUT2D eigenvalue weighted by Crippen LogP contribution is -2.52. The molecule has 2 aliphatic heterocycles. The van der Waals surface area contributed by atoms with Crippen molar-refractivity contribution in [2.24, 2.45) is 5.92 Å². The zero-order valence-corrected chi connectivity index (χ0v) is 22.5. The van der Waals surface area contributed by atoms with E-state index in [0.29, 0.717) is 41.3 Å². The summed E-state index contributed by atoms with van der Waals surface area (Å²) in [6.45, 7) is 2.71. The number of aromatic nitrogens is 3. The first-order valence-corrected chi connectivity index (χ1v) is 14.2. The monoisotopic (exact) mass is 551 g/mol. The topological polar surface area (TPSA) is 92.4 Å². The Hall–Kier alpha value is -2.98. The van der Waals surface area contributed by atoms with Gasteiger partial charge in [-0.25, -0.2) is 4.98 Å². The van der Waals surface area contributed by atoms with Crippen LogP contribution in [0.1, 0.15) is 30.7 Å². The highest BCUT2D eigenvalue weighted by Gasteiger charge is 2.39. The molecule has 10 heteroatoms. The van der Waals surface area contributed by atoms with Crippen LogP contribution in [0.4, 0.5) is 0 Å². The molecule has 2 fully saturated rings. The lowest BCUT2D eigenvalue weighted by molar-refractivity contribution is -0.141. The van der Waals surface area contributed by atoms with Gasteiger partial charge in [0.05, 0.1) is 21.9 Å². The zero-order chi connectivity index (χ0) is 26.3. The molecule has 3 aromatic heterocycles. The van der Waals surface area contributed by atoms with Gasteiger partial charge >= 0.3 is 0 Å². The van der Waals surface area contributed by atoms with Crippen molar-refractivity contribution in [3.8, 4) is 5.00 Å². The third kappa shape index (κ3) is 4.80. The van der Waals surface area contributed by atoms with Crippen LogP contribution in [0.25, 0.3) is 16.0 Å². The maximum Gasteiger partial charge on any atom is 0.262 e. The molecule has 6 rings (SSSR count). The van der Waals surface area contributed by atoms with E-state index in [1.807, 2.05) is 46.0 Å². The van der Waals surface area contributed by atoms with Gasteiger partial charge in [-0.05, 0) is 49.6 Å². The van der Waals surface area contributed by atoms with Crippen molar-refractivity contribution in [1.29, 1.82) is 0 Å². The van der Waals surface area contributed by atoms with Crippen molar-refractivity contribution in [3.05, 3.63) is 81.3 Å². The van der Waals surface area contributed by atoms with Gasteiger partial charge in [0.2, 0.25) is 5.91 Å². The number of benzene rings is 1. The summed E-state index contributed by atoms with van der Waals surface area (Å²) in [4.78, 5) is 33.3. The van der Waals surface area contributed by atoms with Gasteiger partial charge in [-0.2, -0.15) is 0 Å². The van der Waals surface area contributed by atoms with E-state index in [9.17, 15) is 14.7 Å². The first-order valence-electron chi connectivity index (χ1n) is 13.0. The number of hydrogen-bond acceptors (Lipinski definition) is 6. The molecule has 38 heavy (non-hydrogen) atoms. The number of fused-ring (bicyclic) bond motifs is 1. The highest BCUT2D eigenvalue weighted by atomic mass is 35.5. The molecule has 0 bridgehead atoms. The number of carbonyl (C=O) groups excluding carboxylic acids is 1. The van der Waals surface area contributed by atoms with Crippen molar-refractivity contribution in [2.45, 2.75) is 37.3 Å². The molecule has 198 valence electrons. The first kappa shape index (κ1) is 25.3. The lowest BCUT2D eigenvalue weighted by Gasteiger charge is -2.41. The molecule has 2 saturated heterocycles. The summed E-state index contributed by atoms with van der Waals surface area (Å²) in [5, 5.41) is 16.2. The van der Waals surface area contributed by atoms with Crippen LogP contribution < -0.4 is 10.9 Å². The fourth-order valence-electron chi connectivity index (χ4n) is 5.84. The van der Waals surface area contributed by atoms with Gasteiger partial charge in [0.25, 0.3) is 5.56 Å². The highest BCUT2D eigenvalue weighted by molar-refractivity contribution is 7.18. The van der Waals surface area contributed by atoms with Gasteiger partial charge in [-0.15, -0.1) is 11.3 Å². The van der Waals surface area contributed by atoms with E-state index >= 15 is 0 Å². The zero-order valence-electron chi connectivity index (χ0n) is 20.9. The Morgan fingerprint density at radius 3 is 2.68 bits per heavy atom. The number of hydrogen-bond donors (Lipinski definition) is 2. The second-order valence-corrected chi connectivity index (χ2v) is 12.0. The van der Waals surface area contributed by atoms with Crippen molar-refractivity contribution in [1.82, 2.24) is 24.3 Å². The van der Waals surface area contributed by atoms with Gasteiger partial charge in [0.1, 0.15) is 11.3 Å². The van der Waals surface area contributed by atoms with E-state index in [0.717, 1.165) is 24.5 Å². The Morgan fingerprint density at radius 2 is 1.95 bits per heavy atom. The van der Waals surface area contributed by atoms with Gasteiger partial charge in [-0.3, -0.25) is 18.7 Å². The molecular weight excluding hydrogens is 522 g/mol. The minimum absolute atomic E-state index is 0.0682. The largest absolute Gasteiger partial charge is 0.388 e. The fourth-order valence-corrected chi connectivity index (χ4v) is 6.85. The first-order chi connectivity index (χ1) is 18.4. The van der Waals surface area contributed by atoms with Gasteiger partial charge in [-0.1, -0.05) is 41.9 Å². The van der Waals surface area contributed by atoms with Crippen LogP contribution in [0.5, 0.6) is 0 Å². The number of nitrogens with zero attached hydrogens (tertiary/aromatic N) is 4. The van der Waals surface area contributed by atoms with E-state index < -0.39 is 5.60 Å². The quantitative estimate of drug-likeness (QED) is 0.395. The number of aliphatic hydroxyl groups is 1. The predicted octanol–water partition coefficient (Wildman–Crippen LogP) is 3.65. The normalized spacial score (nSPS) is 21.6. The summed E-state index contributed by atoms with van der Waals surface area (Å²) in [7, 11) is 0. The van der Waals surface area contributed by atoms with E-state index in [1.54, 1.807) is 6.07 Å².